The normalized spacial score (nSPS) is 14.0. The van der Waals surface area contributed by atoms with Gasteiger partial charge in [-0.15, -0.1) is 6.42 Å². The molecule has 0 radical (unpaired) electrons. The summed E-state index contributed by atoms with van der Waals surface area (Å²) in [4.78, 5) is 0. The van der Waals surface area contributed by atoms with Crippen molar-refractivity contribution < 1.29 is 4.43 Å². The Morgan fingerprint density at radius 1 is 1.22 bits per heavy atom. The Bertz CT molecular complexity index is 409. The van der Waals surface area contributed by atoms with Crippen molar-refractivity contribution in [1.29, 1.82) is 0 Å². The SMILES string of the molecule is C#C[C@H](Cc1ccccc1)O[Si](C)(C)C(C)(C)C. The Hall–Kier alpha value is -1.04. The van der Waals surface area contributed by atoms with Crippen molar-refractivity contribution in [2.24, 2.45) is 0 Å². The largest absolute Gasteiger partial charge is 0.403 e. The van der Waals surface area contributed by atoms with Gasteiger partial charge in [0.15, 0.2) is 8.32 Å². The minimum atomic E-state index is -1.79. The summed E-state index contributed by atoms with van der Waals surface area (Å²) in [5, 5.41) is 0.193. The molecule has 1 aromatic rings. The molecular weight excluding hydrogens is 236 g/mol. The van der Waals surface area contributed by atoms with Gasteiger partial charge >= 0.3 is 0 Å². The van der Waals surface area contributed by atoms with E-state index in [1.807, 2.05) is 18.2 Å². The highest BCUT2D eigenvalue weighted by Gasteiger charge is 2.38. The van der Waals surface area contributed by atoms with E-state index in [4.69, 9.17) is 10.8 Å². The van der Waals surface area contributed by atoms with Crippen LogP contribution in [0.2, 0.25) is 18.1 Å². The van der Waals surface area contributed by atoms with E-state index in [0.717, 1.165) is 6.42 Å². The van der Waals surface area contributed by atoms with E-state index in [1.54, 1.807) is 0 Å². The van der Waals surface area contributed by atoms with Gasteiger partial charge in [0, 0.05) is 6.42 Å². The lowest BCUT2D eigenvalue weighted by Gasteiger charge is -2.38. The number of hydrogen-bond donors (Lipinski definition) is 0. The van der Waals surface area contributed by atoms with Crippen molar-refractivity contribution in [2.75, 3.05) is 0 Å². The molecule has 0 heterocycles. The van der Waals surface area contributed by atoms with E-state index in [1.165, 1.54) is 5.56 Å². The molecule has 0 N–H and O–H groups in total. The first-order chi connectivity index (χ1) is 8.26. The molecule has 1 aromatic carbocycles. The van der Waals surface area contributed by atoms with Crippen LogP contribution in [0.1, 0.15) is 26.3 Å². The monoisotopic (exact) mass is 260 g/mol. The minimum Gasteiger partial charge on any atom is -0.403 e. The lowest BCUT2D eigenvalue weighted by Crippen LogP contribution is -2.44. The summed E-state index contributed by atoms with van der Waals surface area (Å²) in [6, 6.07) is 10.3. The maximum atomic E-state index is 6.26. The number of rotatable bonds is 4. The molecule has 0 unspecified atom stereocenters. The van der Waals surface area contributed by atoms with Gasteiger partial charge in [0.2, 0.25) is 0 Å². The summed E-state index contributed by atoms with van der Waals surface area (Å²) in [7, 11) is -1.79. The maximum absolute atomic E-state index is 6.26. The molecule has 98 valence electrons. The Morgan fingerprint density at radius 3 is 2.22 bits per heavy atom. The molecule has 1 nitrogen and oxygen atoms in total. The summed E-state index contributed by atoms with van der Waals surface area (Å²) < 4.78 is 6.26. The van der Waals surface area contributed by atoms with Crippen molar-refractivity contribution in [3.05, 3.63) is 35.9 Å². The quantitative estimate of drug-likeness (QED) is 0.581. The van der Waals surface area contributed by atoms with E-state index >= 15 is 0 Å². The molecule has 0 aromatic heterocycles. The topological polar surface area (TPSA) is 9.23 Å². The third kappa shape index (κ3) is 4.01. The van der Waals surface area contributed by atoms with Crippen LogP contribution in [-0.2, 0) is 10.8 Å². The highest BCUT2D eigenvalue weighted by Crippen LogP contribution is 2.37. The molecule has 0 saturated heterocycles. The maximum Gasteiger partial charge on any atom is 0.193 e. The van der Waals surface area contributed by atoms with Crippen LogP contribution in [0.3, 0.4) is 0 Å². The van der Waals surface area contributed by atoms with Crippen molar-refractivity contribution in [3.63, 3.8) is 0 Å². The second-order valence-electron chi connectivity index (χ2n) is 6.22. The van der Waals surface area contributed by atoms with Gasteiger partial charge in [-0.25, -0.2) is 0 Å². The molecule has 18 heavy (non-hydrogen) atoms. The van der Waals surface area contributed by atoms with E-state index < -0.39 is 8.32 Å². The fourth-order valence-corrected chi connectivity index (χ4v) is 2.71. The molecule has 1 atom stereocenters. The standard InChI is InChI=1S/C16H24OSi/c1-7-15(13-14-11-9-8-10-12-14)17-18(5,6)16(2,3)4/h1,8-12,15H,13H2,2-6H3/t15-/m1/s1. The fourth-order valence-electron chi connectivity index (χ4n) is 1.50. The zero-order valence-electron chi connectivity index (χ0n) is 12.2. The fraction of sp³-hybridized carbons (Fsp3) is 0.500. The van der Waals surface area contributed by atoms with Gasteiger partial charge in [-0.1, -0.05) is 57.0 Å². The van der Waals surface area contributed by atoms with Gasteiger partial charge in [-0.05, 0) is 23.7 Å². The third-order valence-electron chi connectivity index (χ3n) is 3.69. The number of benzene rings is 1. The van der Waals surface area contributed by atoms with Gasteiger partial charge in [-0.2, -0.15) is 0 Å². The highest BCUT2D eigenvalue weighted by atomic mass is 28.4. The van der Waals surface area contributed by atoms with Crippen LogP contribution < -0.4 is 0 Å². The molecule has 0 spiro atoms. The molecule has 0 amide bonds. The molecule has 2 heteroatoms. The summed E-state index contributed by atoms with van der Waals surface area (Å²) in [5.41, 5.74) is 1.24. The number of hydrogen-bond acceptors (Lipinski definition) is 1. The molecule has 0 aliphatic carbocycles. The van der Waals surface area contributed by atoms with Crippen molar-refractivity contribution in [1.82, 2.24) is 0 Å². The van der Waals surface area contributed by atoms with E-state index in [-0.39, 0.29) is 11.1 Å². The Kier molecular flexibility index (Phi) is 4.78. The summed E-state index contributed by atoms with van der Waals surface area (Å²) in [6.07, 6.45) is 6.30. The zero-order valence-corrected chi connectivity index (χ0v) is 13.2. The van der Waals surface area contributed by atoms with Crippen LogP contribution >= 0.6 is 0 Å². The lowest BCUT2D eigenvalue weighted by molar-refractivity contribution is 0.234. The first kappa shape index (κ1) is 15.0. The molecule has 0 aliphatic rings. The van der Waals surface area contributed by atoms with Crippen LogP contribution in [-0.4, -0.2) is 14.4 Å². The third-order valence-corrected chi connectivity index (χ3v) is 8.18. The van der Waals surface area contributed by atoms with Crippen LogP contribution in [0.5, 0.6) is 0 Å². The summed E-state index contributed by atoms with van der Waals surface area (Å²) in [5.74, 6) is 2.79. The van der Waals surface area contributed by atoms with Crippen LogP contribution in [0, 0.1) is 12.3 Å². The highest BCUT2D eigenvalue weighted by molar-refractivity contribution is 6.74. The molecule has 1 rings (SSSR count). The van der Waals surface area contributed by atoms with Crippen molar-refractivity contribution in [2.45, 2.75) is 51.4 Å². The Morgan fingerprint density at radius 2 is 1.78 bits per heavy atom. The lowest BCUT2D eigenvalue weighted by atomic mass is 10.1. The van der Waals surface area contributed by atoms with Gasteiger partial charge in [-0.3, -0.25) is 0 Å². The second kappa shape index (κ2) is 5.73. The average molecular weight is 260 g/mol. The van der Waals surface area contributed by atoms with Crippen molar-refractivity contribution >= 4 is 8.32 Å². The molecule has 0 aliphatic heterocycles. The zero-order chi connectivity index (χ0) is 13.8. The predicted octanol–water partition coefficient (Wildman–Crippen LogP) is 4.25. The van der Waals surface area contributed by atoms with Gasteiger partial charge in [0.1, 0.15) is 6.10 Å². The number of terminal acetylenes is 1. The average Bonchev–Trinajstić information content (AvgIpc) is 2.27. The summed E-state index contributed by atoms with van der Waals surface area (Å²) in [6.45, 7) is 11.2. The summed E-state index contributed by atoms with van der Waals surface area (Å²) >= 11 is 0. The molecule has 0 fully saturated rings. The van der Waals surface area contributed by atoms with Crippen molar-refractivity contribution in [3.8, 4) is 12.3 Å². The van der Waals surface area contributed by atoms with Gasteiger partial charge < -0.3 is 4.43 Å². The predicted molar refractivity (Wildman–Crippen MR) is 81.0 cm³/mol. The molecule has 0 saturated carbocycles. The smallest absolute Gasteiger partial charge is 0.193 e. The van der Waals surface area contributed by atoms with Crippen LogP contribution in [0.15, 0.2) is 30.3 Å². The molecule has 0 bridgehead atoms. The van der Waals surface area contributed by atoms with E-state index in [9.17, 15) is 0 Å². The van der Waals surface area contributed by atoms with E-state index in [2.05, 4.69) is 51.9 Å². The first-order valence-electron chi connectivity index (χ1n) is 6.44. The minimum absolute atomic E-state index is 0.117. The second-order valence-corrected chi connectivity index (χ2v) is 11.0. The molecular formula is C16H24OSi. The van der Waals surface area contributed by atoms with Gasteiger partial charge in [0.05, 0.1) is 0 Å². The van der Waals surface area contributed by atoms with E-state index in [0.29, 0.717) is 0 Å². The Labute approximate surface area is 113 Å². The Balaban J connectivity index is 2.73. The first-order valence-corrected chi connectivity index (χ1v) is 9.35. The van der Waals surface area contributed by atoms with Gasteiger partial charge in [0.25, 0.3) is 0 Å². The van der Waals surface area contributed by atoms with Crippen LogP contribution in [0.4, 0.5) is 0 Å². The van der Waals surface area contributed by atoms with Crippen LogP contribution in [0.25, 0.3) is 0 Å².